The fraction of sp³-hybridized carbons (Fsp3) is 0.588. The van der Waals surface area contributed by atoms with Gasteiger partial charge in [0, 0.05) is 12.1 Å². The SMILES string of the molecule is CN1[C@@H]2CC[C@H]1CC(O)C2.Cc1ccccc1CC(=O)O.Cl. The summed E-state index contributed by atoms with van der Waals surface area (Å²) in [6.07, 6.45) is 4.73. The summed E-state index contributed by atoms with van der Waals surface area (Å²) < 4.78 is 0. The number of hydrogen-bond donors (Lipinski definition) is 2. The van der Waals surface area contributed by atoms with Crippen LogP contribution in [0.5, 0.6) is 0 Å². The van der Waals surface area contributed by atoms with Crippen LogP contribution in [-0.2, 0) is 11.2 Å². The van der Waals surface area contributed by atoms with E-state index < -0.39 is 5.97 Å². The third-order valence-electron chi connectivity index (χ3n) is 4.68. The quantitative estimate of drug-likeness (QED) is 0.876. The maximum Gasteiger partial charge on any atom is 0.307 e. The lowest BCUT2D eigenvalue weighted by Crippen LogP contribution is -2.41. The molecule has 5 heteroatoms. The molecule has 0 aromatic heterocycles. The molecule has 2 aliphatic heterocycles. The van der Waals surface area contributed by atoms with Gasteiger partial charge in [-0.05, 0) is 50.8 Å². The normalized spacial score (nSPS) is 26.6. The van der Waals surface area contributed by atoms with Gasteiger partial charge in [0.15, 0.2) is 0 Å². The minimum atomic E-state index is -0.778. The van der Waals surface area contributed by atoms with Gasteiger partial charge in [0.2, 0.25) is 0 Å². The topological polar surface area (TPSA) is 60.8 Å². The zero-order valence-electron chi connectivity index (χ0n) is 13.2. The summed E-state index contributed by atoms with van der Waals surface area (Å²) in [4.78, 5) is 12.8. The van der Waals surface area contributed by atoms with E-state index >= 15 is 0 Å². The summed E-state index contributed by atoms with van der Waals surface area (Å²) in [5.41, 5.74) is 1.93. The Labute approximate surface area is 138 Å². The van der Waals surface area contributed by atoms with Crippen molar-refractivity contribution in [3.63, 3.8) is 0 Å². The van der Waals surface area contributed by atoms with Crippen molar-refractivity contribution in [2.75, 3.05) is 7.05 Å². The number of carbonyl (C=O) groups is 1. The molecule has 2 saturated heterocycles. The molecule has 0 aliphatic carbocycles. The number of benzene rings is 1. The summed E-state index contributed by atoms with van der Waals surface area (Å²) >= 11 is 0. The highest BCUT2D eigenvalue weighted by Crippen LogP contribution is 2.33. The van der Waals surface area contributed by atoms with Crippen LogP contribution in [0.25, 0.3) is 0 Å². The van der Waals surface area contributed by atoms with Crippen LogP contribution in [0, 0.1) is 6.92 Å². The average Bonchev–Trinajstić information content (AvgIpc) is 2.64. The molecule has 1 aromatic carbocycles. The Kier molecular flexibility index (Phi) is 7.33. The maximum absolute atomic E-state index is 10.3. The predicted molar refractivity (Wildman–Crippen MR) is 89.6 cm³/mol. The van der Waals surface area contributed by atoms with Crippen LogP contribution in [0.2, 0.25) is 0 Å². The molecule has 2 fully saturated rings. The average molecular weight is 328 g/mol. The number of carboxylic acid groups (broad SMARTS) is 1. The molecule has 1 aromatic rings. The molecule has 1 unspecified atom stereocenters. The monoisotopic (exact) mass is 327 g/mol. The molecule has 124 valence electrons. The van der Waals surface area contributed by atoms with Crippen molar-refractivity contribution < 1.29 is 15.0 Å². The molecule has 2 heterocycles. The Hall–Kier alpha value is -1.10. The van der Waals surface area contributed by atoms with E-state index in [1.807, 2.05) is 31.2 Å². The molecule has 2 aliphatic rings. The second-order valence-electron chi connectivity index (χ2n) is 6.17. The smallest absolute Gasteiger partial charge is 0.307 e. The first-order valence-electron chi connectivity index (χ1n) is 7.63. The van der Waals surface area contributed by atoms with E-state index in [2.05, 4.69) is 11.9 Å². The van der Waals surface area contributed by atoms with Crippen molar-refractivity contribution >= 4 is 18.4 Å². The first-order valence-corrected chi connectivity index (χ1v) is 7.63. The summed E-state index contributed by atoms with van der Waals surface area (Å²) in [5.74, 6) is -0.778. The van der Waals surface area contributed by atoms with Crippen LogP contribution in [0.1, 0.15) is 36.8 Å². The molecule has 3 atom stereocenters. The highest BCUT2D eigenvalue weighted by atomic mass is 35.5. The lowest BCUT2D eigenvalue weighted by atomic mass is 10.0. The summed E-state index contributed by atoms with van der Waals surface area (Å²) in [6, 6.07) is 8.88. The summed E-state index contributed by atoms with van der Waals surface area (Å²) in [5, 5.41) is 17.9. The molecule has 2 N–H and O–H groups in total. The van der Waals surface area contributed by atoms with Gasteiger partial charge in [0.1, 0.15) is 0 Å². The minimum absolute atomic E-state index is 0. The second-order valence-corrected chi connectivity index (χ2v) is 6.17. The number of piperidine rings is 1. The van der Waals surface area contributed by atoms with Gasteiger partial charge < -0.3 is 15.1 Å². The van der Waals surface area contributed by atoms with Crippen molar-refractivity contribution in [2.24, 2.45) is 0 Å². The number of aliphatic hydroxyl groups is 1. The van der Waals surface area contributed by atoms with Crippen LogP contribution >= 0.6 is 12.4 Å². The lowest BCUT2D eigenvalue weighted by Gasteiger charge is -2.33. The summed E-state index contributed by atoms with van der Waals surface area (Å²) in [6.45, 7) is 1.91. The van der Waals surface area contributed by atoms with E-state index in [0.717, 1.165) is 24.0 Å². The first kappa shape index (κ1) is 18.9. The molecule has 2 bridgehead atoms. The van der Waals surface area contributed by atoms with Crippen LogP contribution < -0.4 is 0 Å². The van der Waals surface area contributed by atoms with E-state index in [1.54, 1.807) is 0 Å². The van der Waals surface area contributed by atoms with Crippen molar-refractivity contribution in [2.45, 2.75) is 57.2 Å². The number of hydrogen-bond acceptors (Lipinski definition) is 3. The van der Waals surface area contributed by atoms with Crippen molar-refractivity contribution in [3.8, 4) is 0 Å². The highest BCUT2D eigenvalue weighted by Gasteiger charge is 2.37. The standard InChI is InChI=1S/C9H10O2.C8H15NO.ClH/c1-7-4-2-3-5-8(7)6-9(10)11;1-9-6-2-3-7(9)5-8(10)4-6;/h2-5H,6H2,1H3,(H,10,11);6-8,10H,2-5H2,1H3;1H/t;6-,7+,8?;. The molecule has 0 saturated carbocycles. The second kappa shape index (κ2) is 8.51. The Morgan fingerprint density at radius 2 is 1.77 bits per heavy atom. The van der Waals surface area contributed by atoms with Gasteiger partial charge in [-0.1, -0.05) is 24.3 Å². The van der Waals surface area contributed by atoms with Gasteiger partial charge in [0.05, 0.1) is 12.5 Å². The fourth-order valence-corrected chi connectivity index (χ4v) is 3.35. The van der Waals surface area contributed by atoms with Gasteiger partial charge in [-0.2, -0.15) is 0 Å². The minimum Gasteiger partial charge on any atom is -0.481 e. The van der Waals surface area contributed by atoms with Crippen LogP contribution in [0.4, 0.5) is 0 Å². The number of rotatable bonds is 2. The molecule has 0 radical (unpaired) electrons. The molecule has 22 heavy (non-hydrogen) atoms. The van der Waals surface area contributed by atoms with Gasteiger partial charge in [-0.15, -0.1) is 12.4 Å². The third kappa shape index (κ3) is 4.97. The van der Waals surface area contributed by atoms with E-state index in [9.17, 15) is 9.90 Å². The number of halogens is 1. The molecule has 4 nitrogen and oxygen atoms in total. The van der Waals surface area contributed by atoms with E-state index in [-0.39, 0.29) is 24.9 Å². The number of aryl methyl sites for hydroxylation is 1. The molecular formula is C17H26ClNO3. The maximum atomic E-state index is 10.3. The van der Waals surface area contributed by atoms with Crippen LogP contribution in [0.15, 0.2) is 24.3 Å². The molecule has 0 amide bonds. The first-order chi connectivity index (χ1) is 9.97. The zero-order valence-corrected chi connectivity index (χ0v) is 14.1. The van der Waals surface area contributed by atoms with Gasteiger partial charge in [-0.25, -0.2) is 0 Å². The number of aliphatic carboxylic acids is 1. The Morgan fingerprint density at radius 1 is 1.23 bits per heavy atom. The molecular weight excluding hydrogens is 302 g/mol. The van der Waals surface area contributed by atoms with Gasteiger partial charge >= 0.3 is 5.97 Å². The predicted octanol–water partition coefficient (Wildman–Crippen LogP) is 2.65. The summed E-state index contributed by atoms with van der Waals surface area (Å²) in [7, 11) is 2.19. The van der Waals surface area contributed by atoms with Crippen molar-refractivity contribution in [3.05, 3.63) is 35.4 Å². The molecule has 3 rings (SSSR count). The third-order valence-corrected chi connectivity index (χ3v) is 4.68. The van der Waals surface area contributed by atoms with E-state index in [1.165, 1.54) is 12.8 Å². The number of fused-ring (bicyclic) bond motifs is 2. The van der Waals surface area contributed by atoms with E-state index in [0.29, 0.717) is 12.1 Å². The van der Waals surface area contributed by atoms with Gasteiger partial charge in [0.25, 0.3) is 0 Å². The van der Waals surface area contributed by atoms with E-state index in [4.69, 9.17) is 5.11 Å². The Bertz CT molecular complexity index is 481. The largest absolute Gasteiger partial charge is 0.481 e. The lowest BCUT2D eigenvalue weighted by molar-refractivity contribution is -0.136. The van der Waals surface area contributed by atoms with Crippen LogP contribution in [-0.4, -0.2) is 46.3 Å². The Morgan fingerprint density at radius 3 is 2.27 bits per heavy atom. The van der Waals surface area contributed by atoms with Crippen molar-refractivity contribution in [1.29, 1.82) is 0 Å². The number of aliphatic hydroxyl groups excluding tert-OH is 1. The number of nitrogens with zero attached hydrogens (tertiary/aromatic N) is 1. The zero-order chi connectivity index (χ0) is 15.4. The fourth-order valence-electron chi connectivity index (χ4n) is 3.35. The van der Waals surface area contributed by atoms with Crippen molar-refractivity contribution in [1.82, 2.24) is 4.90 Å². The Balaban J connectivity index is 0.000000211. The number of carboxylic acids is 1. The van der Waals surface area contributed by atoms with Gasteiger partial charge in [-0.3, -0.25) is 4.79 Å². The van der Waals surface area contributed by atoms with Crippen LogP contribution in [0.3, 0.4) is 0 Å². The molecule has 0 spiro atoms. The highest BCUT2D eigenvalue weighted by molar-refractivity contribution is 5.85.